The molecule has 0 aliphatic heterocycles. The number of carboxylic acid groups (broad SMARTS) is 1. The normalized spacial score (nSPS) is 11.4. The van der Waals surface area contributed by atoms with Gasteiger partial charge < -0.3 is 24.6 Å². The molecule has 7 nitrogen and oxygen atoms in total. The lowest BCUT2D eigenvalue weighted by Gasteiger charge is -2.15. The van der Waals surface area contributed by atoms with Crippen LogP contribution in [0.15, 0.2) is 54.6 Å². The fourth-order valence-corrected chi connectivity index (χ4v) is 2.19. The van der Waals surface area contributed by atoms with Crippen LogP contribution in [0.3, 0.4) is 0 Å². The number of para-hydroxylation sites is 1. The van der Waals surface area contributed by atoms with E-state index in [1.807, 2.05) is 30.3 Å². The molecule has 0 aromatic heterocycles. The van der Waals surface area contributed by atoms with Gasteiger partial charge in [0.05, 0.1) is 13.7 Å². The van der Waals surface area contributed by atoms with Gasteiger partial charge in [0, 0.05) is 0 Å². The van der Waals surface area contributed by atoms with Crippen LogP contribution in [0, 0.1) is 0 Å². The molecule has 0 radical (unpaired) electrons. The van der Waals surface area contributed by atoms with Gasteiger partial charge in [-0.2, -0.15) is 0 Å². The molecule has 0 bridgehead atoms. The minimum absolute atomic E-state index is 0.211. The molecule has 2 aromatic carbocycles. The third-order valence-corrected chi connectivity index (χ3v) is 3.47. The Morgan fingerprint density at radius 2 is 1.69 bits per heavy atom. The highest BCUT2D eigenvalue weighted by molar-refractivity contribution is 5.85. The van der Waals surface area contributed by atoms with Crippen LogP contribution >= 0.6 is 0 Å². The highest BCUT2D eigenvalue weighted by Crippen LogP contribution is 2.18. The Morgan fingerprint density at radius 3 is 2.31 bits per heavy atom. The van der Waals surface area contributed by atoms with E-state index in [-0.39, 0.29) is 19.8 Å². The smallest absolute Gasteiger partial charge is 0.330 e. The highest BCUT2D eigenvalue weighted by atomic mass is 16.5. The molecule has 138 valence electrons. The number of methoxy groups -OCH3 is 1. The van der Waals surface area contributed by atoms with Gasteiger partial charge >= 0.3 is 5.97 Å². The van der Waals surface area contributed by atoms with Crippen molar-refractivity contribution in [3.8, 4) is 11.5 Å². The van der Waals surface area contributed by atoms with Crippen molar-refractivity contribution >= 4 is 11.9 Å². The van der Waals surface area contributed by atoms with Crippen LogP contribution in [-0.4, -0.2) is 43.9 Å². The molecule has 1 atom stereocenters. The maximum atomic E-state index is 11.9. The van der Waals surface area contributed by atoms with E-state index in [0.717, 1.165) is 0 Å². The number of amides is 1. The van der Waals surface area contributed by atoms with Gasteiger partial charge in [-0.25, -0.2) is 4.79 Å². The largest absolute Gasteiger partial charge is 0.497 e. The number of aliphatic carboxylic acids is 1. The Hall–Kier alpha value is -3.06. The minimum Gasteiger partial charge on any atom is -0.497 e. The van der Waals surface area contributed by atoms with Crippen molar-refractivity contribution < 1.29 is 28.9 Å². The highest BCUT2D eigenvalue weighted by Gasteiger charge is 2.22. The summed E-state index contributed by atoms with van der Waals surface area (Å²) in [6.07, 6.45) is 0. The minimum atomic E-state index is -1.16. The molecule has 26 heavy (non-hydrogen) atoms. The van der Waals surface area contributed by atoms with E-state index >= 15 is 0 Å². The van der Waals surface area contributed by atoms with E-state index in [4.69, 9.17) is 14.2 Å². The van der Waals surface area contributed by atoms with Crippen LogP contribution < -0.4 is 14.8 Å². The second-order valence-corrected chi connectivity index (χ2v) is 5.33. The van der Waals surface area contributed by atoms with Gasteiger partial charge in [-0.05, 0) is 29.8 Å². The van der Waals surface area contributed by atoms with Crippen LogP contribution in [0.25, 0.3) is 0 Å². The molecule has 1 unspecified atom stereocenters. The summed E-state index contributed by atoms with van der Waals surface area (Å²) < 4.78 is 15.7. The molecule has 1 amide bonds. The van der Waals surface area contributed by atoms with Crippen molar-refractivity contribution in [1.82, 2.24) is 5.32 Å². The predicted octanol–water partition coefficient (Wildman–Crippen LogP) is 2.03. The zero-order chi connectivity index (χ0) is 18.8. The SMILES string of the molecule is COc1ccc(C(NC(=O)COCCOc2ccccc2)C(=O)O)cc1. The number of ether oxygens (including phenoxy) is 3. The first kappa shape index (κ1) is 19.3. The Balaban J connectivity index is 1.75. The molecule has 2 rings (SSSR count). The maximum absolute atomic E-state index is 11.9. The van der Waals surface area contributed by atoms with Crippen molar-refractivity contribution in [2.45, 2.75) is 6.04 Å². The zero-order valence-corrected chi connectivity index (χ0v) is 14.4. The van der Waals surface area contributed by atoms with Crippen molar-refractivity contribution in [3.63, 3.8) is 0 Å². The Morgan fingerprint density at radius 1 is 1.00 bits per heavy atom. The third kappa shape index (κ3) is 6.10. The van der Waals surface area contributed by atoms with Crippen molar-refractivity contribution in [3.05, 3.63) is 60.2 Å². The van der Waals surface area contributed by atoms with Gasteiger partial charge in [0.2, 0.25) is 5.91 Å². The van der Waals surface area contributed by atoms with Gasteiger partial charge in [0.1, 0.15) is 24.7 Å². The average molecular weight is 359 g/mol. The predicted molar refractivity (Wildman–Crippen MR) is 94.3 cm³/mol. The summed E-state index contributed by atoms with van der Waals surface area (Å²) in [5, 5.41) is 11.8. The molecule has 0 saturated carbocycles. The molecular weight excluding hydrogens is 338 g/mol. The summed E-state index contributed by atoms with van der Waals surface area (Å²) in [4.78, 5) is 23.3. The van der Waals surface area contributed by atoms with Crippen LogP contribution in [0.1, 0.15) is 11.6 Å². The van der Waals surface area contributed by atoms with E-state index in [1.165, 1.54) is 7.11 Å². The molecule has 0 fully saturated rings. The van der Waals surface area contributed by atoms with Crippen LogP contribution in [-0.2, 0) is 14.3 Å². The van der Waals surface area contributed by atoms with Crippen LogP contribution in [0.2, 0.25) is 0 Å². The number of carbonyl (C=O) groups excluding carboxylic acids is 1. The quantitative estimate of drug-likeness (QED) is 0.631. The number of benzene rings is 2. The number of hydrogen-bond acceptors (Lipinski definition) is 5. The average Bonchev–Trinajstić information content (AvgIpc) is 2.66. The van der Waals surface area contributed by atoms with Crippen molar-refractivity contribution in [1.29, 1.82) is 0 Å². The number of nitrogens with one attached hydrogen (secondary N) is 1. The lowest BCUT2D eigenvalue weighted by Crippen LogP contribution is -2.36. The van der Waals surface area contributed by atoms with E-state index < -0.39 is 17.9 Å². The fraction of sp³-hybridized carbons (Fsp3) is 0.263. The van der Waals surface area contributed by atoms with Gasteiger partial charge in [-0.1, -0.05) is 30.3 Å². The second-order valence-electron chi connectivity index (χ2n) is 5.33. The maximum Gasteiger partial charge on any atom is 0.330 e. The van der Waals surface area contributed by atoms with E-state index in [0.29, 0.717) is 17.1 Å². The summed E-state index contributed by atoms with van der Waals surface area (Å²) >= 11 is 0. The number of hydrogen-bond donors (Lipinski definition) is 2. The lowest BCUT2D eigenvalue weighted by molar-refractivity contribution is -0.142. The number of rotatable bonds is 10. The topological polar surface area (TPSA) is 94.1 Å². The second kappa shape index (κ2) is 10.0. The fourth-order valence-electron chi connectivity index (χ4n) is 2.19. The number of carbonyl (C=O) groups is 2. The molecule has 0 aliphatic carbocycles. The van der Waals surface area contributed by atoms with Gasteiger partial charge in [0.25, 0.3) is 0 Å². The first-order valence-corrected chi connectivity index (χ1v) is 8.02. The molecule has 2 N–H and O–H groups in total. The summed E-state index contributed by atoms with van der Waals surface area (Å²) in [5.41, 5.74) is 0.444. The van der Waals surface area contributed by atoms with E-state index in [2.05, 4.69) is 5.32 Å². The molecule has 0 spiro atoms. The molecule has 2 aromatic rings. The lowest BCUT2D eigenvalue weighted by atomic mass is 10.1. The van der Waals surface area contributed by atoms with Gasteiger partial charge in [-0.3, -0.25) is 4.79 Å². The summed E-state index contributed by atoms with van der Waals surface area (Å²) in [6, 6.07) is 14.5. The van der Waals surface area contributed by atoms with Gasteiger partial charge in [-0.15, -0.1) is 0 Å². The van der Waals surface area contributed by atoms with Crippen molar-refractivity contribution in [2.75, 3.05) is 26.9 Å². The molecule has 0 heterocycles. The first-order valence-electron chi connectivity index (χ1n) is 8.02. The van der Waals surface area contributed by atoms with E-state index in [9.17, 15) is 14.7 Å². The Labute approximate surface area is 151 Å². The number of carboxylic acids is 1. The third-order valence-electron chi connectivity index (χ3n) is 3.47. The molecular formula is C19H21NO6. The standard InChI is InChI=1S/C19H21NO6/c1-24-15-9-7-14(8-10-15)18(19(22)23)20-17(21)13-25-11-12-26-16-5-3-2-4-6-16/h2-10,18H,11-13H2,1H3,(H,20,21)(H,22,23). The summed E-state index contributed by atoms with van der Waals surface area (Å²) in [7, 11) is 1.52. The first-order chi connectivity index (χ1) is 12.6. The molecule has 0 saturated heterocycles. The summed E-state index contributed by atoms with van der Waals surface area (Å²) in [5.74, 6) is -0.360. The van der Waals surface area contributed by atoms with Crippen LogP contribution in [0.4, 0.5) is 0 Å². The molecule has 0 aliphatic rings. The van der Waals surface area contributed by atoms with Crippen molar-refractivity contribution in [2.24, 2.45) is 0 Å². The monoisotopic (exact) mass is 359 g/mol. The van der Waals surface area contributed by atoms with E-state index in [1.54, 1.807) is 24.3 Å². The zero-order valence-electron chi connectivity index (χ0n) is 14.4. The Kier molecular flexibility index (Phi) is 7.45. The van der Waals surface area contributed by atoms with Gasteiger partial charge in [0.15, 0.2) is 6.04 Å². The van der Waals surface area contributed by atoms with Crippen LogP contribution in [0.5, 0.6) is 11.5 Å². The summed E-state index contributed by atoms with van der Waals surface area (Å²) in [6.45, 7) is 0.249. The Bertz CT molecular complexity index is 702. The molecule has 7 heteroatoms.